The first-order valence-corrected chi connectivity index (χ1v) is 4.01. The van der Waals surface area contributed by atoms with Crippen LogP contribution in [0.15, 0.2) is 23.7 Å². The third-order valence-electron chi connectivity index (χ3n) is 0.824. The minimum atomic E-state index is -0.125. The second-order valence-corrected chi connectivity index (χ2v) is 2.79. The van der Waals surface area contributed by atoms with Crippen LogP contribution < -0.4 is 0 Å². The van der Waals surface area contributed by atoms with Gasteiger partial charge in [-0.1, -0.05) is 0 Å². The van der Waals surface area contributed by atoms with Gasteiger partial charge >= 0.3 is 0 Å². The van der Waals surface area contributed by atoms with E-state index in [0.29, 0.717) is 0 Å². The zero-order chi connectivity index (χ0) is 11.7. The van der Waals surface area contributed by atoms with Gasteiger partial charge in [-0.2, -0.15) is 0 Å². The van der Waals surface area contributed by atoms with E-state index in [1.54, 1.807) is 0 Å². The van der Waals surface area contributed by atoms with Gasteiger partial charge in [0.15, 0.2) is 11.6 Å². The molecule has 0 saturated heterocycles. The van der Waals surface area contributed by atoms with Crippen LogP contribution in [0.3, 0.4) is 0 Å². The van der Waals surface area contributed by atoms with E-state index < -0.39 is 0 Å². The molecular formula is C10H16CrO4. The SMILES string of the molecule is CC(=O)C=C(C)O.CC(=O)C=C(C)O.[Cr]. The van der Waals surface area contributed by atoms with Gasteiger partial charge in [0, 0.05) is 29.5 Å². The summed E-state index contributed by atoms with van der Waals surface area (Å²) in [5.41, 5.74) is 0. The van der Waals surface area contributed by atoms with Crippen molar-refractivity contribution in [2.75, 3.05) is 0 Å². The molecule has 0 aromatic heterocycles. The molecule has 86 valence electrons. The first kappa shape index (κ1) is 19.5. The minimum Gasteiger partial charge on any atom is -0.512 e. The van der Waals surface area contributed by atoms with Crippen molar-refractivity contribution in [1.29, 1.82) is 0 Å². The van der Waals surface area contributed by atoms with Gasteiger partial charge in [-0.15, -0.1) is 0 Å². The largest absolute Gasteiger partial charge is 0.512 e. The standard InChI is InChI=1S/2C5H8O2.Cr/c2*1-4(6)3-5(2)7;/h2*3,6H,1-2H3;. The van der Waals surface area contributed by atoms with E-state index >= 15 is 0 Å². The number of carbonyl (C=O) groups excluding carboxylic acids is 2. The molecule has 15 heavy (non-hydrogen) atoms. The number of carbonyl (C=O) groups is 2. The fraction of sp³-hybridized carbons (Fsp3) is 0.400. The second-order valence-electron chi connectivity index (χ2n) is 2.79. The van der Waals surface area contributed by atoms with Crippen molar-refractivity contribution in [3.63, 3.8) is 0 Å². The van der Waals surface area contributed by atoms with Crippen LogP contribution >= 0.6 is 0 Å². The molecule has 0 rings (SSSR count). The predicted octanol–water partition coefficient (Wildman–Crippen LogP) is 2.07. The Bertz CT molecular complexity index is 231. The summed E-state index contributed by atoms with van der Waals surface area (Å²) in [5.74, 6) is -0.125. The van der Waals surface area contributed by atoms with Crippen LogP contribution in [0.4, 0.5) is 0 Å². The molecule has 0 atom stereocenters. The molecule has 0 heterocycles. The molecule has 0 unspecified atom stereocenters. The number of rotatable bonds is 2. The van der Waals surface area contributed by atoms with Crippen LogP contribution in [-0.2, 0) is 27.0 Å². The minimum absolute atomic E-state index is 0. The summed E-state index contributed by atoms with van der Waals surface area (Å²) in [6.07, 6.45) is 2.33. The van der Waals surface area contributed by atoms with Crippen LogP contribution in [0.25, 0.3) is 0 Å². The van der Waals surface area contributed by atoms with Gasteiger partial charge in [0.2, 0.25) is 0 Å². The first-order valence-electron chi connectivity index (χ1n) is 4.01. The maximum atomic E-state index is 10.0. The molecule has 0 bridgehead atoms. The molecule has 0 amide bonds. The topological polar surface area (TPSA) is 74.6 Å². The fourth-order valence-corrected chi connectivity index (χ4v) is 0.588. The van der Waals surface area contributed by atoms with E-state index in [0.717, 1.165) is 0 Å². The van der Waals surface area contributed by atoms with E-state index in [2.05, 4.69) is 0 Å². The molecule has 0 aromatic carbocycles. The molecule has 4 nitrogen and oxygen atoms in total. The zero-order valence-electron chi connectivity index (χ0n) is 9.27. The Morgan fingerprint density at radius 2 is 1.00 bits per heavy atom. The van der Waals surface area contributed by atoms with Gasteiger partial charge in [-0.05, 0) is 27.7 Å². The Labute approximate surface area is 100 Å². The smallest absolute Gasteiger partial charge is 0.155 e. The zero-order valence-corrected chi connectivity index (χ0v) is 10.5. The maximum absolute atomic E-state index is 10.0. The summed E-state index contributed by atoms with van der Waals surface area (Å²) in [6.45, 7) is 5.70. The van der Waals surface area contributed by atoms with Gasteiger partial charge in [0.25, 0.3) is 0 Å². The summed E-state index contributed by atoms with van der Waals surface area (Å²) in [5, 5.41) is 16.7. The Kier molecular flexibility index (Phi) is 14.3. The normalized spacial score (nSPS) is 10.7. The Hall–Kier alpha value is -1.05. The van der Waals surface area contributed by atoms with Crippen LogP contribution in [0.5, 0.6) is 0 Å². The Morgan fingerprint density at radius 1 is 0.800 bits per heavy atom. The van der Waals surface area contributed by atoms with Gasteiger partial charge in [-0.3, -0.25) is 9.59 Å². The second kappa shape index (κ2) is 11.0. The van der Waals surface area contributed by atoms with Crippen molar-refractivity contribution in [3.8, 4) is 0 Å². The monoisotopic (exact) mass is 252 g/mol. The molecule has 0 aliphatic heterocycles. The van der Waals surface area contributed by atoms with Crippen molar-refractivity contribution in [1.82, 2.24) is 0 Å². The van der Waals surface area contributed by atoms with E-state index in [4.69, 9.17) is 10.2 Å². The average Bonchev–Trinajstić information content (AvgIpc) is 1.79. The van der Waals surface area contributed by atoms with Crippen molar-refractivity contribution in [3.05, 3.63) is 23.7 Å². The van der Waals surface area contributed by atoms with Crippen molar-refractivity contribution in [2.45, 2.75) is 27.7 Å². The fourth-order valence-electron chi connectivity index (χ4n) is 0.588. The number of ketones is 2. The molecule has 2 N–H and O–H groups in total. The summed E-state index contributed by atoms with van der Waals surface area (Å²) < 4.78 is 0. The average molecular weight is 252 g/mol. The van der Waals surface area contributed by atoms with Crippen LogP contribution in [0, 0.1) is 0 Å². The predicted molar refractivity (Wildman–Crippen MR) is 54.1 cm³/mol. The Morgan fingerprint density at radius 3 is 1.00 bits per heavy atom. The van der Waals surface area contributed by atoms with Crippen molar-refractivity contribution < 1.29 is 37.2 Å². The molecule has 0 aliphatic carbocycles. The number of aliphatic hydroxyl groups excluding tert-OH is 2. The van der Waals surface area contributed by atoms with Crippen LogP contribution in [0.1, 0.15) is 27.7 Å². The van der Waals surface area contributed by atoms with Crippen LogP contribution in [0.2, 0.25) is 0 Å². The van der Waals surface area contributed by atoms with E-state index in [9.17, 15) is 9.59 Å². The van der Waals surface area contributed by atoms with E-state index in [-0.39, 0.29) is 40.4 Å². The first-order chi connectivity index (χ1) is 6.25. The number of aliphatic hydroxyl groups is 2. The molecule has 0 saturated carbocycles. The van der Waals surface area contributed by atoms with E-state index in [1.807, 2.05) is 0 Å². The summed E-state index contributed by atoms with van der Waals surface area (Å²) >= 11 is 0. The molecule has 0 aromatic rings. The third kappa shape index (κ3) is 32.1. The number of allylic oxidation sites excluding steroid dienone is 4. The van der Waals surface area contributed by atoms with Crippen molar-refractivity contribution >= 4 is 11.6 Å². The summed E-state index contributed by atoms with van der Waals surface area (Å²) in [6, 6.07) is 0. The molecule has 0 fully saturated rings. The van der Waals surface area contributed by atoms with Crippen molar-refractivity contribution in [2.24, 2.45) is 0 Å². The Balaban J connectivity index is -0.000000180. The molecule has 0 radical (unpaired) electrons. The molecule has 0 aliphatic rings. The van der Waals surface area contributed by atoms with Gasteiger partial charge < -0.3 is 10.2 Å². The van der Waals surface area contributed by atoms with Gasteiger partial charge in [0.05, 0.1) is 11.5 Å². The molecule has 5 heteroatoms. The van der Waals surface area contributed by atoms with Crippen LogP contribution in [-0.4, -0.2) is 21.8 Å². The molecule has 0 spiro atoms. The van der Waals surface area contributed by atoms with Gasteiger partial charge in [-0.25, -0.2) is 0 Å². The summed E-state index contributed by atoms with van der Waals surface area (Å²) in [7, 11) is 0. The quantitative estimate of drug-likeness (QED) is 0.582. The third-order valence-corrected chi connectivity index (χ3v) is 0.824. The number of hydrogen-bond acceptors (Lipinski definition) is 4. The summed E-state index contributed by atoms with van der Waals surface area (Å²) in [4.78, 5) is 20.0. The van der Waals surface area contributed by atoms with Gasteiger partial charge in [0.1, 0.15) is 0 Å². The number of hydrogen-bond donors (Lipinski definition) is 2. The van der Waals surface area contributed by atoms with E-state index in [1.165, 1.54) is 39.8 Å². The maximum Gasteiger partial charge on any atom is 0.155 e. The molecular weight excluding hydrogens is 236 g/mol.